The molecule has 0 aliphatic rings. The Balaban J connectivity index is 1.57. The average molecular weight is 417 g/mol. The molecule has 0 saturated carbocycles. The molecule has 126 valence electrons. The van der Waals surface area contributed by atoms with Gasteiger partial charge in [-0.15, -0.1) is 0 Å². The lowest BCUT2D eigenvalue weighted by molar-refractivity contribution is 0.0954. The summed E-state index contributed by atoms with van der Waals surface area (Å²) < 4.78 is 0.812. The lowest BCUT2D eigenvalue weighted by Crippen LogP contribution is -2.26. The van der Waals surface area contributed by atoms with E-state index >= 15 is 0 Å². The van der Waals surface area contributed by atoms with Crippen molar-refractivity contribution in [3.05, 3.63) is 81.5 Å². The molecule has 0 spiro atoms. The molecule has 1 aromatic heterocycles. The number of aromatic nitrogens is 2. The SMILES string of the molecule is O=C(NCCc1cnc(-c2ccccc2)nc1)c1cc(Br)ccc1Cl. The summed E-state index contributed by atoms with van der Waals surface area (Å²) in [5.41, 5.74) is 2.39. The lowest BCUT2D eigenvalue weighted by atomic mass is 10.2. The fraction of sp³-hybridized carbons (Fsp3) is 0.105. The minimum atomic E-state index is -0.201. The summed E-state index contributed by atoms with van der Waals surface area (Å²) in [5, 5.41) is 3.29. The monoisotopic (exact) mass is 415 g/mol. The van der Waals surface area contributed by atoms with Crippen LogP contribution in [0.2, 0.25) is 5.02 Å². The largest absolute Gasteiger partial charge is 0.352 e. The maximum atomic E-state index is 12.2. The Bertz CT molecular complexity index is 870. The first-order valence-corrected chi connectivity index (χ1v) is 8.90. The van der Waals surface area contributed by atoms with Crippen molar-refractivity contribution in [2.75, 3.05) is 6.54 Å². The van der Waals surface area contributed by atoms with Crippen LogP contribution in [0.25, 0.3) is 11.4 Å². The van der Waals surface area contributed by atoms with E-state index in [1.54, 1.807) is 30.6 Å². The smallest absolute Gasteiger partial charge is 0.252 e. The molecule has 25 heavy (non-hydrogen) atoms. The number of hydrogen-bond acceptors (Lipinski definition) is 3. The Hall–Kier alpha value is -2.24. The lowest BCUT2D eigenvalue weighted by Gasteiger charge is -2.07. The van der Waals surface area contributed by atoms with E-state index < -0.39 is 0 Å². The van der Waals surface area contributed by atoms with Gasteiger partial charge in [0.1, 0.15) is 0 Å². The van der Waals surface area contributed by atoms with Crippen LogP contribution in [0.4, 0.5) is 0 Å². The number of carbonyl (C=O) groups is 1. The molecule has 0 aliphatic carbocycles. The van der Waals surface area contributed by atoms with Crippen molar-refractivity contribution >= 4 is 33.4 Å². The zero-order valence-corrected chi connectivity index (χ0v) is 15.6. The third-order valence-electron chi connectivity index (χ3n) is 3.61. The molecule has 0 atom stereocenters. The molecule has 0 bridgehead atoms. The molecule has 1 heterocycles. The number of nitrogens with one attached hydrogen (secondary N) is 1. The molecule has 0 unspecified atom stereocenters. The molecule has 6 heteroatoms. The minimum Gasteiger partial charge on any atom is -0.352 e. The first kappa shape index (κ1) is 17.6. The second kappa shape index (κ2) is 8.23. The number of rotatable bonds is 5. The Kier molecular flexibility index (Phi) is 5.79. The van der Waals surface area contributed by atoms with Crippen LogP contribution in [0, 0.1) is 0 Å². The topological polar surface area (TPSA) is 54.9 Å². The van der Waals surface area contributed by atoms with E-state index in [9.17, 15) is 4.79 Å². The summed E-state index contributed by atoms with van der Waals surface area (Å²) in [4.78, 5) is 21.0. The predicted octanol–water partition coefficient (Wildman–Crippen LogP) is 4.53. The highest BCUT2D eigenvalue weighted by Gasteiger charge is 2.10. The van der Waals surface area contributed by atoms with Crippen molar-refractivity contribution < 1.29 is 4.79 Å². The summed E-state index contributed by atoms with van der Waals surface area (Å²) >= 11 is 9.40. The van der Waals surface area contributed by atoms with Crippen molar-refractivity contribution in [2.24, 2.45) is 0 Å². The molecule has 1 N–H and O–H groups in total. The molecule has 4 nitrogen and oxygen atoms in total. The highest BCUT2D eigenvalue weighted by molar-refractivity contribution is 9.10. The summed E-state index contributed by atoms with van der Waals surface area (Å²) in [7, 11) is 0. The van der Waals surface area contributed by atoms with Crippen molar-refractivity contribution in [3.8, 4) is 11.4 Å². The van der Waals surface area contributed by atoms with Crippen LogP contribution in [-0.2, 0) is 6.42 Å². The summed E-state index contributed by atoms with van der Waals surface area (Å²) in [5.74, 6) is 0.488. The molecule has 3 rings (SSSR count). The van der Waals surface area contributed by atoms with Crippen molar-refractivity contribution in [3.63, 3.8) is 0 Å². The van der Waals surface area contributed by atoms with Gasteiger partial charge in [-0.2, -0.15) is 0 Å². The molecule has 3 aromatic rings. The number of halogens is 2. The molecule has 0 radical (unpaired) electrons. The highest BCUT2D eigenvalue weighted by Crippen LogP contribution is 2.20. The van der Waals surface area contributed by atoms with Gasteiger partial charge in [-0.1, -0.05) is 57.9 Å². The van der Waals surface area contributed by atoms with Gasteiger partial charge in [0.05, 0.1) is 10.6 Å². The predicted molar refractivity (Wildman–Crippen MR) is 103 cm³/mol. The van der Waals surface area contributed by atoms with E-state index in [0.717, 1.165) is 15.6 Å². The number of amides is 1. The standard InChI is InChI=1S/C19H15BrClN3O/c20-15-6-7-17(21)16(10-15)19(25)22-9-8-13-11-23-18(24-12-13)14-4-2-1-3-5-14/h1-7,10-12H,8-9H2,(H,22,25). The molecule has 0 fully saturated rings. The van der Waals surface area contributed by atoms with Crippen LogP contribution in [0.1, 0.15) is 15.9 Å². The van der Waals surface area contributed by atoms with Gasteiger partial charge in [0.2, 0.25) is 0 Å². The van der Waals surface area contributed by atoms with Crippen molar-refractivity contribution in [1.29, 1.82) is 0 Å². The van der Waals surface area contributed by atoms with Crippen molar-refractivity contribution in [2.45, 2.75) is 6.42 Å². The van der Waals surface area contributed by atoms with E-state index in [4.69, 9.17) is 11.6 Å². The number of hydrogen-bond donors (Lipinski definition) is 1. The van der Waals surface area contributed by atoms with Gasteiger partial charge < -0.3 is 5.32 Å². The summed E-state index contributed by atoms with van der Waals surface area (Å²) in [6.07, 6.45) is 4.22. The Morgan fingerprint density at radius 3 is 2.52 bits per heavy atom. The maximum absolute atomic E-state index is 12.2. The van der Waals surface area contributed by atoms with E-state index in [1.807, 2.05) is 30.3 Å². The summed E-state index contributed by atoms with van der Waals surface area (Å²) in [6, 6.07) is 15.0. The molecule has 0 saturated heterocycles. The molecule has 2 aromatic carbocycles. The first-order chi connectivity index (χ1) is 12.1. The highest BCUT2D eigenvalue weighted by atomic mass is 79.9. The molecular formula is C19H15BrClN3O. The van der Waals surface area contributed by atoms with Gasteiger partial charge in [0.15, 0.2) is 5.82 Å². The summed E-state index contributed by atoms with van der Waals surface area (Å²) in [6.45, 7) is 0.482. The number of benzene rings is 2. The Labute approximate surface area is 159 Å². The minimum absolute atomic E-state index is 0.201. The van der Waals surface area contributed by atoms with Crippen LogP contribution >= 0.6 is 27.5 Å². The maximum Gasteiger partial charge on any atom is 0.252 e. The fourth-order valence-corrected chi connectivity index (χ4v) is 2.87. The van der Waals surface area contributed by atoms with Crippen LogP contribution in [0.3, 0.4) is 0 Å². The van der Waals surface area contributed by atoms with Crippen molar-refractivity contribution in [1.82, 2.24) is 15.3 Å². The molecule has 0 aliphatic heterocycles. The van der Waals surface area contributed by atoms with E-state index in [0.29, 0.717) is 29.4 Å². The molecular weight excluding hydrogens is 402 g/mol. The Morgan fingerprint density at radius 2 is 1.80 bits per heavy atom. The van der Waals surface area contributed by atoms with E-state index in [-0.39, 0.29) is 5.91 Å². The van der Waals surface area contributed by atoms with Crippen LogP contribution in [0.15, 0.2) is 65.4 Å². The second-order valence-electron chi connectivity index (χ2n) is 5.41. The van der Waals surface area contributed by atoms with Gasteiger partial charge in [-0.3, -0.25) is 4.79 Å². The van der Waals surface area contributed by atoms with Gasteiger partial charge >= 0.3 is 0 Å². The third-order valence-corrected chi connectivity index (χ3v) is 4.43. The normalized spacial score (nSPS) is 10.5. The first-order valence-electron chi connectivity index (χ1n) is 7.73. The van der Waals surface area contributed by atoms with E-state index in [2.05, 4.69) is 31.2 Å². The van der Waals surface area contributed by atoms with Crippen LogP contribution in [-0.4, -0.2) is 22.4 Å². The van der Waals surface area contributed by atoms with Gasteiger partial charge in [-0.25, -0.2) is 9.97 Å². The van der Waals surface area contributed by atoms with Crippen LogP contribution < -0.4 is 5.32 Å². The fourth-order valence-electron chi connectivity index (χ4n) is 2.31. The average Bonchev–Trinajstić information content (AvgIpc) is 2.65. The quantitative estimate of drug-likeness (QED) is 0.665. The van der Waals surface area contributed by atoms with Gasteiger partial charge in [0, 0.05) is 29.0 Å². The van der Waals surface area contributed by atoms with E-state index in [1.165, 1.54) is 0 Å². The Morgan fingerprint density at radius 1 is 1.08 bits per heavy atom. The molecule has 1 amide bonds. The number of carbonyl (C=O) groups excluding carboxylic acids is 1. The van der Waals surface area contributed by atoms with Gasteiger partial charge in [0.25, 0.3) is 5.91 Å². The third kappa shape index (κ3) is 4.65. The number of nitrogens with zero attached hydrogens (tertiary/aromatic N) is 2. The zero-order chi connectivity index (χ0) is 17.6. The van der Waals surface area contributed by atoms with Crippen LogP contribution in [0.5, 0.6) is 0 Å². The second-order valence-corrected chi connectivity index (χ2v) is 6.73. The zero-order valence-electron chi connectivity index (χ0n) is 13.2. The van der Waals surface area contributed by atoms with Gasteiger partial charge in [-0.05, 0) is 30.2 Å².